The van der Waals surface area contributed by atoms with Gasteiger partial charge in [0.05, 0.1) is 23.8 Å². The lowest BCUT2D eigenvalue weighted by molar-refractivity contribution is 0.415. The minimum Gasteiger partial charge on any atom is -0.497 e. The van der Waals surface area contributed by atoms with E-state index < -0.39 is 0 Å². The van der Waals surface area contributed by atoms with Gasteiger partial charge in [0.1, 0.15) is 11.4 Å². The van der Waals surface area contributed by atoms with Gasteiger partial charge in [-0.15, -0.1) is 0 Å². The second-order valence-electron chi connectivity index (χ2n) is 6.65. The van der Waals surface area contributed by atoms with Crippen molar-refractivity contribution in [2.45, 2.75) is 0 Å². The standard InChI is InChI=1S/C23H15Cl2N3O/c1-29-18-10-11-21-19(12-18)23-20(13-26-21)22(14-2-4-15(24)5-3-14)27-28(23)17-8-6-16(25)7-9-17/h2-13H,1H3. The summed E-state index contributed by atoms with van der Waals surface area (Å²) >= 11 is 12.2. The van der Waals surface area contributed by atoms with Crippen molar-refractivity contribution >= 4 is 45.0 Å². The quantitative estimate of drug-likeness (QED) is 0.332. The fourth-order valence-corrected chi connectivity index (χ4v) is 3.73. The van der Waals surface area contributed by atoms with E-state index in [1.54, 1.807) is 7.11 Å². The van der Waals surface area contributed by atoms with Crippen LogP contribution in [-0.4, -0.2) is 21.9 Å². The number of benzene rings is 3. The Hall–Kier alpha value is -3.08. The number of hydrogen-bond donors (Lipinski definition) is 0. The zero-order valence-electron chi connectivity index (χ0n) is 15.4. The third kappa shape index (κ3) is 3.11. The van der Waals surface area contributed by atoms with Crippen LogP contribution in [0.2, 0.25) is 10.0 Å². The van der Waals surface area contributed by atoms with Crippen molar-refractivity contribution in [3.8, 4) is 22.7 Å². The van der Waals surface area contributed by atoms with Gasteiger partial charge in [0.25, 0.3) is 0 Å². The van der Waals surface area contributed by atoms with Crippen molar-refractivity contribution in [2.75, 3.05) is 7.11 Å². The van der Waals surface area contributed by atoms with Gasteiger partial charge >= 0.3 is 0 Å². The molecule has 0 saturated carbocycles. The van der Waals surface area contributed by atoms with Gasteiger partial charge in [-0.1, -0.05) is 35.3 Å². The van der Waals surface area contributed by atoms with Crippen LogP contribution >= 0.6 is 23.2 Å². The first kappa shape index (κ1) is 18.0. The first-order chi connectivity index (χ1) is 14.1. The number of halogens is 2. The lowest BCUT2D eigenvalue weighted by Gasteiger charge is -2.07. The maximum Gasteiger partial charge on any atom is 0.119 e. The van der Waals surface area contributed by atoms with Crippen LogP contribution in [0.15, 0.2) is 72.9 Å². The number of hydrogen-bond acceptors (Lipinski definition) is 3. The monoisotopic (exact) mass is 419 g/mol. The molecule has 0 fully saturated rings. The van der Waals surface area contributed by atoms with Crippen molar-refractivity contribution in [3.63, 3.8) is 0 Å². The Morgan fingerprint density at radius 3 is 2.21 bits per heavy atom. The summed E-state index contributed by atoms with van der Waals surface area (Å²) in [5, 5.41) is 8.22. The molecule has 2 heterocycles. The summed E-state index contributed by atoms with van der Waals surface area (Å²) in [5.74, 6) is 0.767. The highest BCUT2D eigenvalue weighted by atomic mass is 35.5. The molecule has 0 radical (unpaired) electrons. The molecule has 0 bridgehead atoms. The zero-order valence-corrected chi connectivity index (χ0v) is 16.9. The number of aromatic nitrogens is 3. The molecule has 0 unspecified atom stereocenters. The molecule has 5 aromatic rings. The highest BCUT2D eigenvalue weighted by Gasteiger charge is 2.17. The van der Waals surface area contributed by atoms with E-state index in [0.29, 0.717) is 10.0 Å². The van der Waals surface area contributed by atoms with Crippen LogP contribution in [0.1, 0.15) is 0 Å². The molecule has 29 heavy (non-hydrogen) atoms. The first-order valence-corrected chi connectivity index (χ1v) is 9.77. The van der Waals surface area contributed by atoms with Crippen molar-refractivity contribution < 1.29 is 4.74 Å². The molecule has 0 aliphatic rings. The van der Waals surface area contributed by atoms with Crippen molar-refractivity contribution in [1.82, 2.24) is 14.8 Å². The zero-order chi connectivity index (χ0) is 20.0. The maximum absolute atomic E-state index is 6.10. The van der Waals surface area contributed by atoms with Crippen molar-refractivity contribution in [2.24, 2.45) is 0 Å². The molecule has 6 heteroatoms. The second kappa shape index (κ2) is 7.07. The number of rotatable bonds is 3. The smallest absolute Gasteiger partial charge is 0.119 e. The lowest BCUT2D eigenvalue weighted by atomic mass is 10.1. The van der Waals surface area contributed by atoms with Crippen LogP contribution in [0.3, 0.4) is 0 Å². The molecule has 5 rings (SSSR count). The molecule has 0 atom stereocenters. The Bertz CT molecular complexity index is 1340. The minimum absolute atomic E-state index is 0.677. The second-order valence-corrected chi connectivity index (χ2v) is 7.52. The number of fused-ring (bicyclic) bond motifs is 3. The number of pyridine rings is 1. The predicted octanol–water partition coefficient (Wildman–Crippen LogP) is 6.56. The summed E-state index contributed by atoms with van der Waals surface area (Å²) < 4.78 is 7.38. The highest BCUT2D eigenvalue weighted by Crippen LogP contribution is 2.35. The van der Waals surface area contributed by atoms with Crippen LogP contribution in [0.5, 0.6) is 5.75 Å². The summed E-state index contributed by atoms with van der Waals surface area (Å²) in [5.41, 5.74) is 4.55. The predicted molar refractivity (Wildman–Crippen MR) is 118 cm³/mol. The Labute approximate surface area is 177 Å². The average molecular weight is 420 g/mol. The van der Waals surface area contributed by atoms with Gasteiger partial charge in [0, 0.05) is 32.6 Å². The summed E-state index contributed by atoms with van der Waals surface area (Å²) in [4.78, 5) is 4.65. The van der Waals surface area contributed by atoms with E-state index in [9.17, 15) is 0 Å². The lowest BCUT2D eigenvalue weighted by Crippen LogP contribution is -1.97. The van der Waals surface area contributed by atoms with E-state index >= 15 is 0 Å². The van der Waals surface area contributed by atoms with E-state index in [2.05, 4.69) is 4.98 Å². The van der Waals surface area contributed by atoms with Gasteiger partial charge in [-0.3, -0.25) is 4.98 Å². The third-order valence-electron chi connectivity index (χ3n) is 4.90. The first-order valence-electron chi connectivity index (χ1n) is 9.01. The molecule has 2 aromatic heterocycles. The van der Waals surface area contributed by atoms with Gasteiger partial charge in [-0.2, -0.15) is 5.10 Å². The van der Waals surface area contributed by atoms with Crippen LogP contribution in [-0.2, 0) is 0 Å². The van der Waals surface area contributed by atoms with Gasteiger partial charge < -0.3 is 4.74 Å². The van der Waals surface area contributed by atoms with E-state index in [0.717, 1.165) is 44.5 Å². The Balaban J connectivity index is 1.88. The number of methoxy groups -OCH3 is 1. The molecule has 0 amide bonds. The molecular formula is C23H15Cl2N3O. The fraction of sp³-hybridized carbons (Fsp3) is 0.0435. The van der Waals surface area contributed by atoms with E-state index in [1.165, 1.54) is 0 Å². The Morgan fingerprint density at radius 2 is 1.52 bits per heavy atom. The van der Waals surface area contributed by atoms with Crippen LogP contribution < -0.4 is 4.74 Å². The minimum atomic E-state index is 0.677. The highest BCUT2D eigenvalue weighted by molar-refractivity contribution is 6.31. The average Bonchev–Trinajstić information content (AvgIpc) is 3.14. The molecule has 0 aliphatic carbocycles. The molecule has 142 valence electrons. The summed E-state index contributed by atoms with van der Waals surface area (Å²) in [6.07, 6.45) is 1.87. The molecule has 3 aromatic carbocycles. The number of ether oxygens (including phenoxy) is 1. The molecule has 0 saturated heterocycles. The topological polar surface area (TPSA) is 39.9 Å². The molecule has 0 aliphatic heterocycles. The molecule has 0 N–H and O–H groups in total. The SMILES string of the molecule is COc1ccc2ncc3c(-c4ccc(Cl)cc4)nn(-c4ccc(Cl)cc4)c3c2c1. The maximum atomic E-state index is 6.10. The van der Waals surface area contributed by atoms with Crippen LogP contribution in [0.25, 0.3) is 38.8 Å². The van der Waals surface area contributed by atoms with Crippen molar-refractivity contribution in [1.29, 1.82) is 0 Å². The summed E-state index contributed by atoms with van der Waals surface area (Å²) in [7, 11) is 1.66. The molecule has 0 spiro atoms. The van der Waals surface area contributed by atoms with Crippen LogP contribution in [0.4, 0.5) is 0 Å². The number of nitrogens with zero attached hydrogens (tertiary/aromatic N) is 3. The third-order valence-corrected chi connectivity index (χ3v) is 5.41. The van der Waals surface area contributed by atoms with Crippen LogP contribution in [0, 0.1) is 0 Å². The Morgan fingerprint density at radius 1 is 0.828 bits per heavy atom. The van der Waals surface area contributed by atoms with Gasteiger partial charge in [-0.05, 0) is 54.6 Å². The fourth-order valence-electron chi connectivity index (χ4n) is 3.48. The van der Waals surface area contributed by atoms with E-state index in [1.807, 2.05) is 77.6 Å². The van der Waals surface area contributed by atoms with Gasteiger partial charge in [0.15, 0.2) is 0 Å². The normalized spacial score (nSPS) is 11.3. The van der Waals surface area contributed by atoms with Gasteiger partial charge in [-0.25, -0.2) is 4.68 Å². The largest absolute Gasteiger partial charge is 0.497 e. The van der Waals surface area contributed by atoms with E-state index in [-0.39, 0.29) is 0 Å². The van der Waals surface area contributed by atoms with Crippen molar-refractivity contribution in [3.05, 3.63) is 83.0 Å². The molecular weight excluding hydrogens is 405 g/mol. The summed E-state index contributed by atoms with van der Waals surface area (Å²) in [6, 6.07) is 21.1. The Kier molecular flexibility index (Phi) is 4.38. The molecule has 4 nitrogen and oxygen atoms in total. The summed E-state index contributed by atoms with van der Waals surface area (Å²) in [6.45, 7) is 0. The van der Waals surface area contributed by atoms with E-state index in [4.69, 9.17) is 33.0 Å². The van der Waals surface area contributed by atoms with Gasteiger partial charge in [0.2, 0.25) is 0 Å².